The molecule has 1 unspecified atom stereocenters. The Kier molecular flexibility index (Phi) is 11.6. The minimum atomic E-state index is 0.144. The molecule has 3 aliphatic heterocycles. The Balaban J connectivity index is 1.67. The number of nitrogens with zero attached hydrogens (tertiary/aromatic N) is 6. The third-order valence-electron chi connectivity index (χ3n) is 8.20. The molecule has 3 aliphatic rings. The number of piperidine rings is 1. The van der Waals surface area contributed by atoms with Gasteiger partial charge in [-0.2, -0.15) is 0 Å². The van der Waals surface area contributed by atoms with E-state index in [1.54, 1.807) is 6.20 Å². The first-order valence-electron chi connectivity index (χ1n) is 14.7. The van der Waals surface area contributed by atoms with Crippen LogP contribution in [-0.4, -0.2) is 78.1 Å². The summed E-state index contributed by atoms with van der Waals surface area (Å²) in [7, 11) is 2.06. The second kappa shape index (κ2) is 15.3. The number of aromatic nitrogens is 3. The van der Waals surface area contributed by atoms with Crippen molar-refractivity contribution in [3.05, 3.63) is 42.4 Å². The number of rotatable bonds is 8. The molecular weight excluding hydrogens is 520 g/mol. The summed E-state index contributed by atoms with van der Waals surface area (Å²) in [5, 5.41) is 21.7. The first-order valence-corrected chi connectivity index (χ1v) is 15.7. The number of hydrogen-bond acceptors (Lipinski definition) is 9. The van der Waals surface area contributed by atoms with E-state index in [2.05, 4.69) is 69.1 Å². The van der Waals surface area contributed by atoms with Gasteiger partial charge in [0.05, 0.1) is 29.9 Å². The molecular formula is C30H46N8OS. The molecule has 1 aromatic carbocycles. The predicted octanol–water partition coefficient (Wildman–Crippen LogP) is 5.12. The lowest BCUT2D eigenvalue weighted by Gasteiger charge is -2.41. The average Bonchev–Trinajstić information content (AvgIpc) is 3.45. The Labute approximate surface area is 243 Å². The van der Waals surface area contributed by atoms with Gasteiger partial charge in [-0.05, 0) is 94.4 Å². The summed E-state index contributed by atoms with van der Waals surface area (Å²) >= 11 is 1.51. The molecule has 1 saturated heterocycles. The SMILES string of the molecule is C=N/C=C\C1=NCCCC(CNC)CCCCC2(C)CCN(CC2)c2cc(NSCCO)ccc2-n2cc1nn2. The van der Waals surface area contributed by atoms with E-state index >= 15 is 0 Å². The molecule has 0 amide bonds. The number of aliphatic imine (C=N–C) groups is 2. The molecule has 2 aromatic rings. The van der Waals surface area contributed by atoms with Gasteiger partial charge in [-0.25, -0.2) is 4.68 Å². The molecule has 1 fully saturated rings. The number of aliphatic hydroxyl groups excluding tert-OH is 1. The van der Waals surface area contributed by atoms with Crippen LogP contribution in [0.15, 0.2) is 46.7 Å². The van der Waals surface area contributed by atoms with Crippen molar-refractivity contribution in [2.75, 3.05) is 55.2 Å². The zero-order valence-corrected chi connectivity index (χ0v) is 25.0. The molecule has 0 radical (unpaired) electrons. The summed E-state index contributed by atoms with van der Waals surface area (Å²) in [5.41, 5.74) is 5.04. The molecule has 10 heteroatoms. The third kappa shape index (κ3) is 8.41. The monoisotopic (exact) mass is 566 g/mol. The summed E-state index contributed by atoms with van der Waals surface area (Å²) in [6, 6.07) is 6.36. The molecule has 9 nitrogen and oxygen atoms in total. The van der Waals surface area contributed by atoms with Crippen LogP contribution in [0.1, 0.15) is 64.0 Å². The van der Waals surface area contributed by atoms with Crippen molar-refractivity contribution in [1.29, 1.82) is 0 Å². The van der Waals surface area contributed by atoms with Crippen molar-refractivity contribution in [1.82, 2.24) is 20.3 Å². The second-order valence-corrected chi connectivity index (χ2v) is 12.2. The molecule has 4 heterocycles. The largest absolute Gasteiger partial charge is 0.395 e. The Morgan fingerprint density at radius 2 is 2.00 bits per heavy atom. The van der Waals surface area contributed by atoms with Crippen LogP contribution in [0, 0.1) is 11.3 Å². The summed E-state index contributed by atoms with van der Waals surface area (Å²) < 4.78 is 5.24. The Hall–Kier alpha value is -2.69. The average molecular weight is 567 g/mol. The third-order valence-corrected chi connectivity index (χ3v) is 8.97. The fourth-order valence-electron chi connectivity index (χ4n) is 5.79. The Morgan fingerprint density at radius 3 is 2.77 bits per heavy atom. The van der Waals surface area contributed by atoms with Gasteiger partial charge in [-0.15, -0.1) is 5.10 Å². The highest BCUT2D eigenvalue weighted by Crippen LogP contribution is 2.40. The molecule has 3 N–H and O–H groups in total. The van der Waals surface area contributed by atoms with E-state index in [1.807, 2.05) is 17.0 Å². The number of anilines is 2. The number of fused-ring (bicyclic) bond motifs is 10. The highest BCUT2D eigenvalue weighted by Gasteiger charge is 2.31. The van der Waals surface area contributed by atoms with Crippen LogP contribution in [0.4, 0.5) is 11.4 Å². The van der Waals surface area contributed by atoms with Gasteiger partial charge in [-0.1, -0.05) is 36.9 Å². The zero-order chi connectivity index (χ0) is 28.2. The van der Waals surface area contributed by atoms with Gasteiger partial charge < -0.3 is 20.0 Å². The normalized spacial score (nSPS) is 22.7. The van der Waals surface area contributed by atoms with Crippen molar-refractivity contribution in [2.45, 2.75) is 58.3 Å². The van der Waals surface area contributed by atoms with Crippen molar-refractivity contribution in [2.24, 2.45) is 21.3 Å². The van der Waals surface area contributed by atoms with Gasteiger partial charge in [-0.3, -0.25) is 9.98 Å². The molecule has 40 heavy (non-hydrogen) atoms. The van der Waals surface area contributed by atoms with Crippen LogP contribution in [0.3, 0.4) is 0 Å². The fourth-order valence-corrected chi connectivity index (χ4v) is 6.28. The van der Waals surface area contributed by atoms with Gasteiger partial charge in [0, 0.05) is 37.3 Å². The number of allylic oxidation sites excluding steroid dienone is 1. The lowest BCUT2D eigenvalue weighted by atomic mass is 9.76. The number of aliphatic hydroxyl groups is 1. The van der Waals surface area contributed by atoms with Crippen molar-refractivity contribution < 1.29 is 5.11 Å². The lowest BCUT2D eigenvalue weighted by Crippen LogP contribution is -2.39. The van der Waals surface area contributed by atoms with Gasteiger partial charge in [0.25, 0.3) is 0 Å². The maximum Gasteiger partial charge on any atom is 0.131 e. The molecule has 218 valence electrons. The fraction of sp³-hybridized carbons (Fsp3) is 0.600. The van der Waals surface area contributed by atoms with Gasteiger partial charge in [0.15, 0.2) is 0 Å². The molecule has 0 saturated carbocycles. The molecule has 0 aliphatic carbocycles. The van der Waals surface area contributed by atoms with Crippen LogP contribution in [0.5, 0.6) is 0 Å². The molecule has 1 aromatic heterocycles. The molecule has 5 rings (SSSR count). The van der Waals surface area contributed by atoms with Crippen LogP contribution in [0.25, 0.3) is 5.69 Å². The standard InChI is InChI=1S/C30H46N8OS/c1-30-12-5-4-7-24(22-32-3)8-6-15-33-26(11-16-31-2)27-23-38(36-34-27)28-10-9-25(35-40-20-19-39)21-29(28)37(17-13-30)18-14-30/h9-11,16,21,23-24,32,35,39H,2,4-8,12-15,17-20,22H2,1,3H3/b16-11-,33-26?. The molecule has 1 atom stereocenters. The maximum absolute atomic E-state index is 9.20. The van der Waals surface area contributed by atoms with Crippen LogP contribution in [0.2, 0.25) is 0 Å². The van der Waals surface area contributed by atoms with Crippen molar-refractivity contribution in [3.63, 3.8) is 0 Å². The minimum absolute atomic E-state index is 0.144. The maximum atomic E-state index is 9.20. The van der Waals surface area contributed by atoms with E-state index in [4.69, 9.17) is 4.99 Å². The van der Waals surface area contributed by atoms with Crippen molar-refractivity contribution in [3.8, 4) is 5.69 Å². The van der Waals surface area contributed by atoms with E-state index in [9.17, 15) is 5.11 Å². The van der Waals surface area contributed by atoms with E-state index in [0.717, 1.165) is 61.1 Å². The predicted molar refractivity (Wildman–Crippen MR) is 169 cm³/mol. The Bertz CT molecular complexity index is 1140. The van der Waals surface area contributed by atoms with E-state index in [1.165, 1.54) is 56.9 Å². The zero-order valence-electron chi connectivity index (χ0n) is 24.2. The van der Waals surface area contributed by atoms with E-state index < -0.39 is 0 Å². The van der Waals surface area contributed by atoms with Gasteiger partial charge >= 0.3 is 0 Å². The summed E-state index contributed by atoms with van der Waals surface area (Å²) in [4.78, 5) is 11.3. The highest BCUT2D eigenvalue weighted by molar-refractivity contribution is 8.00. The second-order valence-electron chi connectivity index (χ2n) is 11.3. The van der Waals surface area contributed by atoms with Gasteiger partial charge in [0.1, 0.15) is 5.69 Å². The summed E-state index contributed by atoms with van der Waals surface area (Å²) in [6.07, 6.45) is 15.2. The first-order chi connectivity index (χ1) is 19.5. The minimum Gasteiger partial charge on any atom is -0.395 e. The first kappa shape index (κ1) is 30.3. The Morgan fingerprint density at radius 1 is 1.18 bits per heavy atom. The van der Waals surface area contributed by atoms with Crippen LogP contribution >= 0.6 is 11.9 Å². The van der Waals surface area contributed by atoms with Crippen molar-refractivity contribution >= 4 is 35.8 Å². The topological polar surface area (TPSA) is 103 Å². The molecule has 4 bridgehead atoms. The van der Waals surface area contributed by atoms with Gasteiger partial charge in [0.2, 0.25) is 0 Å². The van der Waals surface area contributed by atoms with Crippen LogP contribution < -0.4 is 14.9 Å². The number of nitrogens with one attached hydrogen (secondary N) is 2. The number of benzene rings is 1. The van der Waals surface area contributed by atoms with Crippen LogP contribution in [-0.2, 0) is 0 Å². The van der Waals surface area contributed by atoms with E-state index in [0.29, 0.717) is 17.1 Å². The quantitative estimate of drug-likeness (QED) is 0.232. The summed E-state index contributed by atoms with van der Waals surface area (Å²) in [6.45, 7) is 10.0. The summed E-state index contributed by atoms with van der Waals surface area (Å²) in [5.74, 6) is 1.32. The smallest absolute Gasteiger partial charge is 0.131 e. The van der Waals surface area contributed by atoms with E-state index in [-0.39, 0.29) is 6.61 Å². The molecule has 0 spiro atoms. The number of hydrogen-bond donors (Lipinski definition) is 3. The lowest BCUT2D eigenvalue weighted by molar-refractivity contribution is 0.217. The highest BCUT2D eigenvalue weighted by atomic mass is 32.2.